The fraction of sp³-hybridized carbons (Fsp3) is 1.00. The summed E-state index contributed by atoms with van der Waals surface area (Å²) in [5, 5.41) is 9.35. The Labute approximate surface area is 87.1 Å². The van der Waals surface area contributed by atoms with E-state index in [1.54, 1.807) is 7.11 Å². The lowest BCUT2D eigenvalue weighted by atomic mass is 10.0. The van der Waals surface area contributed by atoms with Crippen molar-refractivity contribution in [3.05, 3.63) is 0 Å². The van der Waals surface area contributed by atoms with E-state index in [4.69, 9.17) is 4.74 Å². The summed E-state index contributed by atoms with van der Waals surface area (Å²) in [6.07, 6.45) is 2.84. The Bertz CT molecular complexity index is 163. The normalized spacial score (nSPS) is 21.4. The molecular weight excluding hydrogens is 178 g/mol. The summed E-state index contributed by atoms with van der Waals surface area (Å²) in [6.45, 7) is 7.37. The van der Waals surface area contributed by atoms with Crippen LogP contribution >= 0.6 is 0 Å². The maximum atomic E-state index is 9.35. The van der Waals surface area contributed by atoms with Gasteiger partial charge in [0, 0.05) is 26.7 Å². The molecule has 0 aromatic heterocycles. The average molecular weight is 201 g/mol. The number of likely N-dealkylation sites (tertiary alicyclic amines) is 1. The van der Waals surface area contributed by atoms with Gasteiger partial charge >= 0.3 is 0 Å². The van der Waals surface area contributed by atoms with Crippen LogP contribution in [0.1, 0.15) is 33.1 Å². The van der Waals surface area contributed by atoms with Crippen molar-refractivity contribution < 1.29 is 9.84 Å². The van der Waals surface area contributed by atoms with Gasteiger partial charge in [-0.05, 0) is 33.1 Å². The minimum atomic E-state index is -0.0679. The van der Waals surface area contributed by atoms with Crippen LogP contribution in [0.2, 0.25) is 0 Å². The Morgan fingerprint density at radius 2 is 1.93 bits per heavy atom. The molecule has 0 amide bonds. The van der Waals surface area contributed by atoms with Gasteiger partial charge in [-0.25, -0.2) is 0 Å². The molecule has 1 saturated heterocycles. The first-order chi connectivity index (χ1) is 6.53. The third kappa shape index (κ3) is 3.95. The molecule has 0 atom stereocenters. The highest BCUT2D eigenvalue weighted by Gasteiger charge is 2.21. The summed E-state index contributed by atoms with van der Waals surface area (Å²) in [5.41, 5.74) is -0.0178. The molecule has 3 heteroatoms. The van der Waals surface area contributed by atoms with E-state index in [0.717, 1.165) is 38.9 Å². The molecule has 0 radical (unpaired) electrons. The molecule has 14 heavy (non-hydrogen) atoms. The Kier molecular flexibility index (Phi) is 4.35. The number of aliphatic hydroxyl groups is 1. The maximum Gasteiger partial charge on any atom is 0.0634 e. The summed E-state index contributed by atoms with van der Waals surface area (Å²) < 4.78 is 5.37. The molecule has 0 bridgehead atoms. The van der Waals surface area contributed by atoms with Crippen molar-refractivity contribution >= 4 is 0 Å². The number of rotatable bonds is 4. The van der Waals surface area contributed by atoms with Gasteiger partial charge in [-0.3, -0.25) is 0 Å². The van der Waals surface area contributed by atoms with Crippen molar-refractivity contribution in [1.29, 1.82) is 0 Å². The number of aliphatic hydroxyl groups excluding tert-OH is 1. The molecule has 1 fully saturated rings. The number of nitrogens with zero attached hydrogens (tertiary/aromatic N) is 1. The van der Waals surface area contributed by atoms with Crippen molar-refractivity contribution in [2.24, 2.45) is 0 Å². The predicted molar refractivity (Wildman–Crippen MR) is 57.4 cm³/mol. The highest BCUT2D eigenvalue weighted by molar-refractivity contribution is 4.75. The average Bonchev–Trinajstić information content (AvgIpc) is 2.17. The van der Waals surface area contributed by atoms with Crippen molar-refractivity contribution in [3.8, 4) is 0 Å². The summed E-state index contributed by atoms with van der Waals surface area (Å²) in [7, 11) is 1.76. The molecule has 0 spiro atoms. The molecular formula is C11H23NO2. The molecule has 0 aliphatic carbocycles. The third-order valence-electron chi connectivity index (χ3n) is 3.14. The SMILES string of the molecule is COC(C)(C)CCN1CCC(O)CC1. The van der Waals surface area contributed by atoms with Crippen LogP contribution in [0.4, 0.5) is 0 Å². The molecule has 0 unspecified atom stereocenters. The molecule has 84 valence electrons. The fourth-order valence-electron chi connectivity index (χ4n) is 1.67. The highest BCUT2D eigenvalue weighted by atomic mass is 16.5. The van der Waals surface area contributed by atoms with Gasteiger partial charge in [-0.1, -0.05) is 0 Å². The van der Waals surface area contributed by atoms with Gasteiger partial charge < -0.3 is 14.7 Å². The number of hydrogen-bond donors (Lipinski definition) is 1. The van der Waals surface area contributed by atoms with Crippen LogP contribution in [-0.4, -0.2) is 48.5 Å². The standard InChI is InChI=1S/C11H23NO2/c1-11(2,14-3)6-9-12-7-4-10(13)5-8-12/h10,13H,4-9H2,1-3H3. The quantitative estimate of drug-likeness (QED) is 0.743. The first kappa shape index (κ1) is 12.0. The molecule has 3 nitrogen and oxygen atoms in total. The second-order valence-electron chi connectivity index (χ2n) is 4.79. The summed E-state index contributed by atoms with van der Waals surface area (Å²) >= 11 is 0. The Hall–Kier alpha value is -0.120. The molecule has 1 heterocycles. The second-order valence-corrected chi connectivity index (χ2v) is 4.79. The maximum absolute atomic E-state index is 9.35. The number of piperidine rings is 1. The van der Waals surface area contributed by atoms with Gasteiger partial charge in [-0.2, -0.15) is 0 Å². The van der Waals surface area contributed by atoms with Crippen LogP contribution in [0, 0.1) is 0 Å². The molecule has 1 aliphatic heterocycles. The van der Waals surface area contributed by atoms with Crippen molar-refractivity contribution in [3.63, 3.8) is 0 Å². The summed E-state index contributed by atoms with van der Waals surface area (Å²) in [6, 6.07) is 0. The lowest BCUT2D eigenvalue weighted by Crippen LogP contribution is -2.39. The van der Waals surface area contributed by atoms with E-state index >= 15 is 0 Å². The Balaban J connectivity index is 2.19. The van der Waals surface area contributed by atoms with E-state index in [1.807, 2.05) is 0 Å². The minimum Gasteiger partial charge on any atom is -0.393 e. The second kappa shape index (κ2) is 5.10. The first-order valence-corrected chi connectivity index (χ1v) is 5.49. The zero-order valence-electron chi connectivity index (χ0n) is 9.62. The van der Waals surface area contributed by atoms with E-state index in [-0.39, 0.29) is 11.7 Å². The Morgan fingerprint density at radius 1 is 1.36 bits per heavy atom. The van der Waals surface area contributed by atoms with Gasteiger partial charge in [0.2, 0.25) is 0 Å². The van der Waals surface area contributed by atoms with E-state index in [9.17, 15) is 5.11 Å². The number of hydrogen-bond acceptors (Lipinski definition) is 3. The van der Waals surface area contributed by atoms with E-state index < -0.39 is 0 Å². The lowest BCUT2D eigenvalue weighted by molar-refractivity contribution is 0.00139. The van der Waals surface area contributed by atoms with Crippen molar-refractivity contribution in [2.75, 3.05) is 26.7 Å². The van der Waals surface area contributed by atoms with Gasteiger partial charge in [0.25, 0.3) is 0 Å². The third-order valence-corrected chi connectivity index (χ3v) is 3.14. The van der Waals surface area contributed by atoms with Gasteiger partial charge in [-0.15, -0.1) is 0 Å². The Morgan fingerprint density at radius 3 is 2.43 bits per heavy atom. The van der Waals surface area contributed by atoms with Crippen molar-refractivity contribution in [2.45, 2.75) is 44.8 Å². The van der Waals surface area contributed by atoms with Gasteiger partial charge in [0.15, 0.2) is 0 Å². The van der Waals surface area contributed by atoms with E-state index in [1.165, 1.54) is 0 Å². The van der Waals surface area contributed by atoms with Gasteiger partial charge in [0.05, 0.1) is 11.7 Å². The van der Waals surface area contributed by atoms with Crippen LogP contribution < -0.4 is 0 Å². The predicted octanol–water partition coefficient (Wildman–Crippen LogP) is 1.26. The number of ether oxygens (including phenoxy) is 1. The zero-order chi connectivity index (χ0) is 10.6. The lowest BCUT2D eigenvalue weighted by Gasteiger charge is -2.32. The number of methoxy groups -OCH3 is 1. The molecule has 0 aromatic carbocycles. The topological polar surface area (TPSA) is 32.7 Å². The van der Waals surface area contributed by atoms with Crippen LogP contribution in [0.5, 0.6) is 0 Å². The molecule has 0 saturated carbocycles. The monoisotopic (exact) mass is 201 g/mol. The zero-order valence-corrected chi connectivity index (χ0v) is 9.62. The summed E-state index contributed by atoms with van der Waals surface area (Å²) in [5.74, 6) is 0. The largest absolute Gasteiger partial charge is 0.393 e. The van der Waals surface area contributed by atoms with E-state index in [2.05, 4.69) is 18.7 Å². The van der Waals surface area contributed by atoms with Crippen LogP contribution in [-0.2, 0) is 4.74 Å². The first-order valence-electron chi connectivity index (χ1n) is 5.49. The molecule has 1 N–H and O–H groups in total. The smallest absolute Gasteiger partial charge is 0.0634 e. The molecule has 0 aromatic rings. The molecule has 1 aliphatic rings. The minimum absolute atomic E-state index is 0.0178. The van der Waals surface area contributed by atoms with E-state index in [0.29, 0.717) is 0 Å². The van der Waals surface area contributed by atoms with Crippen LogP contribution in [0.3, 0.4) is 0 Å². The highest BCUT2D eigenvalue weighted by Crippen LogP contribution is 2.16. The van der Waals surface area contributed by atoms with Crippen molar-refractivity contribution in [1.82, 2.24) is 4.90 Å². The van der Waals surface area contributed by atoms with Gasteiger partial charge in [0.1, 0.15) is 0 Å². The summed E-state index contributed by atoms with van der Waals surface area (Å²) in [4.78, 5) is 2.41. The fourth-order valence-corrected chi connectivity index (χ4v) is 1.67. The van der Waals surface area contributed by atoms with Crippen LogP contribution in [0.15, 0.2) is 0 Å². The molecule has 1 rings (SSSR count). The van der Waals surface area contributed by atoms with Crippen LogP contribution in [0.25, 0.3) is 0 Å².